The van der Waals surface area contributed by atoms with Gasteiger partial charge in [0.15, 0.2) is 0 Å². The molecule has 0 spiro atoms. The molecule has 5 heteroatoms. The molecular formula is C6H12O4S. The molecule has 1 aliphatic rings. The van der Waals surface area contributed by atoms with Crippen LogP contribution < -0.4 is 0 Å². The van der Waals surface area contributed by atoms with E-state index >= 15 is 0 Å². The van der Waals surface area contributed by atoms with E-state index in [1.807, 2.05) is 6.92 Å². The minimum Gasteiger partial charge on any atom is -0.380 e. The summed E-state index contributed by atoms with van der Waals surface area (Å²) in [6.07, 6.45) is 0.478. The molecule has 0 aromatic carbocycles. The van der Waals surface area contributed by atoms with Crippen molar-refractivity contribution in [3.63, 3.8) is 0 Å². The normalized spacial score (nSPS) is 22.7. The minimum absolute atomic E-state index is 0.0319. The molecule has 0 radical (unpaired) electrons. The Morgan fingerprint density at radius 2 is 2.09 bits per heavy atom. The zero-order valence-corrected chi connectivity index (χ0v) is 7.23. The van der Waals surface area contributed by atoms with Crippen LogP contribution in [0.1, 0.15) is 13.3 Å². The van der Waals surface area contributed by atoms with Gasteiger partial charge in [0.1, 0.15) is 0 Å². The highest BCUT2D eigenvalue weighted by Crippen LogP contribution is 2.30. The average molecular weight is 180 g/mol. The van der Waals surface area contributed by atoms with E-state index < -0.39 is 10.1 Å². The van der Waals surface area contributed by atoms with Gasteiger partial charge in [-0.15, -0.1) is 0 Å². The fourth-order valence-corrected chi connectivity index (χ4v) is 1.72. The van der Waals surface area contributed by atoms with Crippen molar-refractivity contribution in [1.82, 2.24) is 0 Å². The Morgan fingerprint density at radius 3 is 2.36 bits per heavy atom. The van der Waals surface area contributed by atoms with Crippen molar-refractivity contribution >= 4 is 10.1 Å². The average Bonchev–Trinajstić information content (AvgIpc) is 1.77. The summed E-state index contributed by atoms with van der Waals surface area (Å²) in [7, 11) is -3.79. The summed E-state index contributed by atoms with van der Waals surface area (Å²) >= 11 is 0. The van der Waals surface area contributed by atoms with Gasteiger partial charge in [-0.25, -0.2) is 0 Å². The first-order valence-corrected chi connectivity index (χ1v) is 5.05. The predicted molar refractivity (Wildman–Crippen MR) is 40.0 cm³/mol. The first-order valence-electron chi connectivity index (χ1n) is 3.44. The maximum absolute atomic E-state index is 10.3. The maximum Gasteiger partial charge on any atom is 0.264 e. The molecule has 0 bridgehead atoms. The lowest BCUT2D eigenvalue weighted by molar-refractivity contribution is -0.102. The topological polar surface area (TPSA) is 63.6 Å². The van der Waals surface area contributed by atoms with E-state index in [0.717, 1.165) is 0 Å². The van der Waals surface area contributed by atoms with Gasteiger partial charge in [0.05, 0.1) is 19.0 Å². The predicted octanol–water partition coefficient (Wildman–Crippen LogP) is 0.301. The Morgan fingerprint density at radius 1 is 1.55 bits per heavy atom. The molecule has 0 saturated carbocycles. The minimum atomic E-state index is -3.79. The fraction of sp³-hybridized carbons (Fsp3) is 1.00. The van der Waals surface area contributed by atoms with Crippen LogP contribution in [0.3, 0.4) is 0 Å². The second-order valence-electron chi connectivity index (χ2n) is 3.34. The second kappa shape index (κ2) is 2.73. The van der Waals surface area contributed by atoms with Gasteiger partial charge in [0, 0.05) is 5.41 Å². The highest BCUT2D eigenvalue weighted by atomic mass is 32.2. The van der Waals surface area contributed by atoms with Crippen LogP contribution in [0.2, 0.25) is 0 Å². The lowest BCUT2D eigenvalue weighted by atomic mass is 9.86. The Balaban J connectivity index is 2.33. The smallest absolute Gasteiger partial charge is 0.264 e. The van der Waals surface area contributed by atoms with E-state index in [9.17, 15) is 8.42 Å². The van der Waals surface area contributed by atoms with Crippen LogP contribution in [0, 0.1) is 5.41 Å². The van der Waals surface area contributed by atoms with E-state index in [4.69, 9.17) is 9.29 Å². The number of hydrogen-bond acceptors (Lipinski definition) is 3. The molecule has 0 aromatic heterocycles. The van der Waals surface area contributed by atoms with Gasteiger partial charge in [-0.3, -0.25) is 4.55 Å². The van der Waals surface area contributed by atoms with Crippen molar-refractivity contribution in [3.05, 3.63) is 0 Å². The molecule has 1 rings (SSSR count). The molecular weight excluding hydrogens is 168 g/mol. The summed E-state index contributed by atoms with van der Waals surface area (Å²) in [6, 6.07) is 0. The molecule has 0 aliphatic carbocycles. The van der Waals surface area contributed by atoms with E-state index in [0.29, 0.717) is 19.6 Å². The molecule has 1 heterocycles. The van der Waals surface area contributed by atoms with Crippen molar-refractivity contribution in [2.24, 2.45) is 5.41 Å². The Kier molecular flexibility index (Phi) is 2.22. The zero-order chi connectivity index (χ0) is 8.54. The third-order valence-electron chi connectivity index (χ3n) is 1.86. The number of ether oxygens (including phenoxy) is 1. The molecule has 1 saturated heterocycles. The monoisotopic (exact) mass is 180 g/mol. The SMILES string of the molecule is CC1(CCS(=O)(=O)O)COC1. The summed E-state index contributed by atoms with van der Waals surface area (Å²) in [4.78, 5) is 0. The van der Waals surface area contributed by atoms with E-state index in [-0.39, 0.29) is 11.2 Å². The Labute approximate surface area is 66.3 Å². The third kappa shape index (κ3) is 2.76. The molecule has 4 nitrogen and oxygen atoms in total. The maximum atomic E-state index is 10.3. The van der Waals surface area contributed by atoms with Crippen molar-refractivity contribution < 1.29 is 17.7 Å². The van der Waals surface area contributed by atoms with E-state index in [1.54, 1.807) is 0 Å². The lowest BCUT2D eigenvalue weighted by Crippen LogP contribution is -2.40. The van der Waals surface area contributed by atoms with Gasteiger partial charge in [-0.1, -0.05) is 6.92 Å². The quantitative estimate of drug-likeness (QED) is 0.634. The van der Waals surface area contributed by atoms with Crippen LogP contribution >= 0.6 is 0 Å². The van der Waals surface area contributed by atoms with Crippen LogP contribution in [0.5, 0.6) is 0 Å². The highest BCUT2D eigenvalue weighted by Gasteiger charge is 2.33. The van der Waals surface area contributed by atoms with Crippen molar-refractivity contribution in [1.29, 1.82) is 0 Å². The van der Waals surface area contributed by atoms with Gasteiger partial charge in [0.2, 0.25) is 0 Å². The fourth-order valence-electron chi connectivity index (χ4n) is 0.970. The van der Waals surface area contributed by atoms with Crippen molar-refractivity contribution in [2.45, 2.75) is 13.3 Å². The summed E-state index contributed by atoms with van der Waals surface area (Å²) in [5, 5.41) is 0. The van der Waals surface area contributed by atoms with Crippen LogP contribution in [0.25, 0.3) is 0 Å². The first-order chi connectivity index (χ1) is 4.91. The lowest BCUT2D eigenvalue weighted by Gasteiger charge is -2.37. The van der Waals surface area contributed by atoms with E-state index in [1.165, 1.54) is 0 Å². The molecule has 66 valence electrons. The third-order valence-corrected chi connectivity index (χ3v) is 2.58. The van der Waals surface area contributed by atoms with E-state index in [2.05, 4.69) is 0 Å². The summed E-state index contributed by atoms with van der Waals surface area (Å²) in [6.45, 7) is 3.15. The molecule has 1 fully saturated rings. The van der Waals surface area contributed by atoms with Crippen LogP contribution in [-0.4, -0.2) is 31.9 Å². The van der Waals surface area contributed by atoms with Crippen molar-refractivity contribution in [2.75, 3.05) is 19.0 Å². The molecule has 0 aromatic rings. The van der Waals surface area contributed by atoms with Gasteiger partial charge >= 0.3 is 0 Å². The van der Waals surface area contributed by atoms with Crippen LogP contribution in [-0.2, 0) is 14.9 Å². The largest absolute Gasteiger partial charge is 0.380 e. The van der Waals surface area contributed by atoms with Crippen LogP contribution in [0.15, 0.2) is 0 Å². The number of hydrogen-bond donors (Lipinski definition) is 1. The summed E-state index contributed by atoms with van der Waals surface area (Å²) in [5.41, 5.74) is -0.0319. The Bertz CT molecular complexity index is 227. The first kappa shape index (κ1) is 8.96. The van der Waals surface area contributed by atoms with Crippen molar-refractivity contribution in [3.8, 4) is 0 Å². The molecule has 1 N–H and O–H groups in total. The second-order valence-corrected chi connectivity index (χ2v) is 4.91. The van der Waals surface area contributed by atoms with Gasteiger partial charge < -0.3 is 4.74 Å². The molecule has 0 atom stereocenters. The van der Waals surface area contributed by atoms with Crippen LogP contribution in [0.4, 0.5) is 0 Å². The summed E-state index contributed by atoms with van der Waals surface area (Å²) in [5.74, 6) is -0.160. The summed E-state index contributed by atoms with van der Waals surface area (Å²) < 4.78 is 34.0. The zero-order valence-electron chi connectivity index (χ0n) is 6.41. The highest BCUT2D eigenvalue weighted by molar-refractivity contribution is 7.85. The molecule has 1 aliphatic heterocycles. The number of rotatable bonds is 3. The van der Waals surface area contributed by atoms with Gasteiger partial charge in [-0.2, -0.15) is 8.42 Å². The Hall–Kier alpha value is -0.130. The molecule has 11 heavy (non-hydrogen) atoms. The molecule has 0 amide bonds. The molecule has 0 unspecified atom stereocenters. The van der Waals surface area contributed by atoms with Gasteiger partial charge in [0.25, 0.3) is 10.1 Å². The van der Waals surface area contributed by atoms with Gasteiger partial charge in [-0.05, 0) is 6.42 Å². The standard InChI is InChI=1S/C6H12O4S/c1-6(4-10-5-6)2-3-11(7,8)9/h2-5H2,1H3,(H,7,8,9).